The number of rotatable bonds is 3. The molecule has 2 aliphatic heterocycles. The third-order valence-electron chi connectivity index (χ3n) is 5.56. The molecule has 3 heterocycles. The molecule has 2 saturated heterocycles. The van der Waals surface area contributed by atoms with E-state index in [0.29, 0.717) is 30.9 Å². The lowest BCUT2D eigenvalue weighted by Crippen LogP contribution is -2.54. The topological polar surface area (TPSA) is 70.5 Å². The SMILES string of the molecule is O=C(c1ccc(-n2ccc(C(F)(F)F)n2)cc1)N1CCC(N2CCCNC2=O)CC1. The summed E-state index contributed by atoms with van der Waals surface area (Å²) in [6, 6.07) is 7.35. The van der Waals surface area contributed by atoms with E-state index in [9.17, 15) is 22.8 Å². The molecule has 1 aromatic heterocycles. The zero-order chi connectivity index (χ0) is 21.3. The second-order valence-electron chi connectivity index (χ2n) is 7.49. The number of halogens is 3. The molecule has 30 heavy (non-hydrogen) atoms. The van der Waals surface area contributed by atoms with Gasteiger partial charge in [0, 0.05) is 44.0 Å². The van der Waals surface area contributed by atoms with Crippen LogP contribution >= 0.6 is 0 Å². The van der Waals surface area contributed by atoms with Crippen molar-refractivity contribution in [2.45, 2.75) is 31.5 Å². The fourth-order valence-corrected chi connectivity index (χ4v) is 3.94. The van der Waals surface area contributed by atoms with Gasteiger partial charge in [0.1, 0.15) is 0 Å². The van der Waals surface area contributed by atoms with E-state index in [-0.39, 0.29) is 18.0 Å². The number of urea groups is 1. The van der Waals surface area contributed by atoms with Gasteiger partial charge in [0.05, 0.1) is 5.69 Å². The molecule has 1 aromatic carbocycles. The second kappa shape index (κ2) is 8.00. The molecule has 7 nitrogen and oxygen atoms in total. The molecule has 0 radical (unpaired) electrons. The minimum atomic E-state index is -4.50. The number of carbonyl (C=O) groups excluding carboxylic acids is 2. The molecule has 2 aliphatic rings. The van der Waals surface area contributed by atoms with E-state index in [1.807, 2.05) is 4.90 Å². The number of hydrogen-bond donors (Lipinski definition) is 1. The Kier molecular flexibility index (Phi) is 5.40. The van der Waals surface area contributed by atoms with Crippen LogP contribution in [0.4, 0.5) is 18.0 Å². The number of alkyl halides is 3. The largest absolute Gasteiger partial charge is 0.435 e. The molecule has 0 unspecified atom stereocenters. The van der Waals surface area contributed by atoms with Gasteiger partial charge >= 0.3 is 12.2 Å². The Balaban J connectivity index is 1.37. The number of nitrogens with zero attached hydrogens (tertiary/aromatic N) is 4. The van der Waals surface area contributed by atoms with Crippen LogP contribution in [0.5, 0.6) is 0 Å². The van der Waals surface area contributed by atoms with Crippen molar-refractivity contribution in [3.63, 3.8) is 0 Å². The van der Waals surface area contributed by atoms with E-state index in [4.69, 9.17) is 0 Å². The quantitative estimate of drug-likeness (QED) is 0.829. The van der Waals surface area contributed by atoms with E-state index in [1.54, 1.807) is 29.2 Å². The number of nitrogens with one attached hydrogen (secondary N) is 1. The van der Waals surface area contributed by atoms with Gasteiger partial charge in [-0.3, -0.25) is 4.79 Å². The van der Waals surface area contributed by atoms with Crippen LogP contribution in [0.1, 0.15) is 35.3 Å². The van der Waals surface area contributed by atoms with Crippen molar-refractivity contribution in [3.8, 4) is 5.69 Å². The summed E-state index contributed by atoms with van der Waals surface area (Å²) in [5.74, 6) is -0.125. The van der Waals surface area contributed by atoms with Crippen molar-refractivity contribution < 1.29 is 22.8 Å². The highest BCUT2D eigenvalue weighted by Crippen LogP contribution is 2.28. The molecule has 2 aromatic rings. The van der Waals surface area contributed by atoms with Crippen LogP contribution in [0.25, 0.3) is 5.69 Å². The zero-order valence-corrected chi connectivity index (χ0v) is 16.2. The maximum Gasteiger partial charge on any atom is 0.435 e. The predicted molar refractivity (Wildman–Crippen MR) is 102 cm³/mol. The van der Waals surface area contributed by atoms with Crippen molar-refractivity contribution in [2.24, 2.45) is 0 Å². The van der Waals surface area contributed by atoms with E-state index >= 15 is 0 Å². The monoisotopic (exact) mass is 421 g/mol. The predicted octanol–water partition coefficient (Wildman–Crippen LogP) is 2.91. The summed E-state index contributed by atoms with van der Waals surface area (Å²) in [5, 5.41) is 6.39. The zero-order valence-electron chi connectivity index (χ0n) is 16.2. The summed E-state index contributed by atoms with van der Waals surface area (Å²) in [6.07, 6.45) is -0.878. The third kappa shape index (κ3) is 4.12. The van der Waals surface area contributed by atoms with Crippen LogP contribution in [0.3, 0.4) is 0 Å². The van der Waals surface area contributed by atoms with Gasteiger partial charge in [-0.1, -0.05) is 0 Å². The Labute approximate surface area is 171 Å². The van der Waals surface area contributed by atoms with Gasteiger partial charge in [0.25, 0.3) is 5.91 Å². The second-order valence-corrected chi connectivity index (χ2v) is 7.49. The fourth-order valence-electron chi connectivity index (χ4n) is 3.94. The number of benzene rings is 1. The summed E-state index contributed by atoms with van der Waals surface area (Å²) >= 11 is 0. The van der Waals surface area contributed by atoms with Gasteiger partial charge in [-0.05, 0) is 49.6 Å². The molecular weight excluding hydrogens is 399 g/mol. The molecule has 2 fully saturated rings. The van der Waals surface area contributed by atoms with Gasteiger partial charge in [-0.2, -0.15) is 18.3 Å². The lowest BCUT2D eigenvalue weighted by Gasteiger charge is -2.40. The molecule has 0 saturated carbocycles. The Hall–Kier alpha value is -3.04. The Bertz CT molecular complexity index is 917. The van der Waals surface area contributed by atoms with Gasteiger partial charge in [0.15, 0.2) is 5.69 Å². The average molecular weight is 421 g/mol. The van der Waals surface area contributed by atoms with E-state index < -0.39 is 11.9 Å². The van der Waals surface area contributed by atoms with Crippen LogP contribution in [-0.4, -0.2) is 63.7 Å². The molecule has 0 aliphatic carbocycles. The van der Waals surface area contributed by atoms with Crippen molar-refractivity contribution >= 4 is 11.9 Å². The summed E-state index contributed by atoms with van der Waals surface area (Å²) in [7, 11) is 0. The molecule has 0 bridgehead atoms. The molecule has 3 amide bonds. The molecule has 0 atom stereocenters. The van der Waals surface area contributed by atoms with Gasteiger partial charge in [-0.15, -0.1) is 0 Å². The fraction of sp³-hybridized carbons (Fsp3) is 0.450. The lowest BCUT2D eigenvalue weighted by molar-refractivity contribution is -0.141. The molecule has 0 spiro atoms. The molecule has 160 valence electrons. The minimum Gasteiger partial charge on any atom is -0.338 e. The minimum absolute atomic E-state index is 0.0334. The number of piperidine rings is 1. The number of amides is 3. The highest BCUT2D eigenvalue weighted by Gasteiger charge is 2.34. The van der Waals surface area contributed by atoms with Gasteiger partial charge in [-0.25, -0.2) is 9.48 Å². The van der Waals surface area contributed by atoms with Crippen molar-refractivity contribution in [2.75, 3.05) is 26.2 Å². The van der Waals surface area contributed by atoms with Crippen LogP contribution in [0.15, 0.2) is 36.5 Å². The standard InChI is InChI=1S/C20H22F3N5O2/c21-20(22,23)17-8-13-28(25-17)16-4-2-14(3-5-16)18(29)26-11-6-15(7-12-26)27-10-1-9-24-19(27)30/h2-5,8,13,15H,1,6-7,9-12H2,(H,24,30). The van der Waals surface area contributed by atoms with Crippen LogP contribution in [0.2, 0.25) is 0 Å². The summed E-state index contributed by atoms with van der Waals surface area (Å²) < 4.78 is 39.3. The Morgan fingerprint density at radius 1 is 1.07 bits per heavy atom. The van der Waals surface area contributed by atoms with Crippen LogP contribution < -0.4 is 5.32 Å². The van der Waals surface area contributed by atoms with Crippen molar-refractivity contribution in [1.82, 2.24) is 24.9 Å². The van der Waals surface area contributed by atoms with E-state index in [2.05, 4.69) is 10.4 Å². The number of hydrogen-bond acceptors (Lipinski definition) is 3. The normalized spacial score (nSPS) is 18.4. The van der Waals surface area contributed by atoms with Crippen molar-refractivity contribution in [1.29, 1.82) is 0 Å². The molecule has 1 N–H and O–H groups in total. The average Bonchev–Trinajstić information content (AvgIpc) is 3.25. The van der Waals surface area contributed by atoms with Gasteiger partial charge in [0.2, 0.25) is 0 Å². The highest BCUT2D eigenvalue weighted by molar-refractivity contribution is 5.94. The Morgan fingerprint density at radius 3 is 2.37 bits per heavy atom. The first kappa shape index (κ1) is 20.2. The number of likely N-dealkylation sites (tertiary alicyclic amines) is 1. The maximum absolute atomic E-state index is 12.8. The Morgan fingerprint density at radius 2 is 1.77 bits per heavy atom. The van der Waals surface area contributed by atoms with E-state index in [1.165, 1.54) is 6.20 Å². The number of aromatic nitrogens is 2. The first-order valence-electron chi connectivity index (χ1n) is 9.90. The van der Waals surface area contributed by atoms with Crippen LogP contribution in [0, 0.1) is 0 Å². The summed E-state index contributed by atoms with van der Waals surface area (Å²) in [6.45, 7) is 2.57. The third-order valence-corrected chi connectivity index (χ3v) is 5.56. The molecule has 4 rings (SSSR count). The lowest BCUT2D eigenvalue weighted by atomic mass is 10.0. The maximum atomic E-state index is 12.8. The van der Waals surface area contributed by atoms with E-state index in [0.717, 1.165) is 36.6 Å². The first-order chi connectivity index (χ1) is 14.3. The molecule has 10 heteroatoms. The van der Waals surface area contributed by atoms with Crippen LogP contribution in [-0.2, 0) is 6.18 Å². The van der Waals surface area contributed by atoms with Crippen molar-refractivity contribution in [3.05, 3.63) is 47.8 Å². The van der Waals surface area contributed by atoms with Gasteiger partial charge < -0.3 is 15.1 Å². The number of carbonyl (C=O) groups is 2. The summed E-state index contributed by atoms with van der Waals surface area (Å²) in [4.78, 5) is 28.4. The highest BCUT2D eigenvalue weighted by atomic mass is 19.4. The first-order valence-corrected chi connectivity index (χ1v) is 9.90. The smallest absolute Gasteiger partial charge is 0.338 e. The summed E-state index contributed by atoms with van der Waals surface area (Å²) in [5.41, 5.74) is -0.0547. The molecular formula is C20H22F3N5O2.